The first-order valence-corrected chi connectivity index (χ1v) is 7.92. The summed E-state index contributed by atoms with van der Waals surface area (Å²) in [7, 11) is 0. The lowest BCUT2D eigenvalue weighted by Gasteiger charge is -2.32. The van der Waals surface area contributed by atoms with Gasteiger partial charge in [-0.3, -0.25) is 0 Å². The zero-order valence-electron chi connectivity index (χ0n) is 27.8. The van der Waals surface area contributed by atoms with Gasteiger partial charge in [0.05, 0.1) is 12.3 Å². The Hall–Kier alpha value is -1.35. The van der Waals surface area contributed by atoms with E-state index in [0.29, 0.717) is 12.8 Å². The minimum atomic E-state index is -3.45. The van der Waals surface area contributed by atoms with E-state index in [1.54, 1.807) is 0 Å². The molecule has 0 aliphatic carbocycles. The smallest absolute Gasteiger partial charge is 0.115 e. The van der Waals surface area contributed by atoms with Crippen molar-refractivity contribution in [3.8, 4) is 0 Å². The van der Waals surface area contributed by atoms with Gasteiger partial charge in [-0.25, -0.2) is 0 Å². The molecule has 1 saturated heterocycles. The van der Waals surface area contributed by atoms with Crippen molar-refractivity contribution in [3.63, 3.8) is 0 Å². The molecular formula is C21H26ClNO. The minimum absolute atomic E-state index is 0.0371. The second-order valence-corrected chi connectivity index (χ2v) is 5.87. The maximum absolute atomic E-state index is 8.52. The van der Waals surface area contributed by atoms with Crippen molar-refractivity contribution in [1.82, 2.24) is 4.90 Å². The fourth-order valence-electron chi connectivity index (χ4n) is 2.65. The Labute approximate surface area is 171 Å². The molecule has 128 valence electrons. The molecule has 0 aromatic heterocycles. The molecule has 2 aromatic carbocycles. The molecule has 0 saturated carbocycles. The maximum Gasteiger partial charge on any atom is 0.115 e. The van der Waals surface area contributed by atoms with Crippen LogP contribution in [0.4, 0.5) is 0 Å². The molecule has 0 spiro atoms. The van der Waals surface area contributed by atoms with E-state index in [-0.39, 0.29) is 13.0 Å². The average molecular weight is 359 g/mol. The first-order chi connectivity index (χ1) is 17.8. The number of benzene rings is 2. The summed E-state index contributed by atoms with van der Waals surface area (Å²) in [5, 5.41) is -0.603. The summed E-state index contributed by atoms with van der Waals surface area (Å²) in [5.74, 6) is 0. The fourth-order valence-corrected chi connectivity index (χ4v) is 2.75. The van der Waals surface area contributed by atoms with Crippen LogP contribution in [0.25, 0.3) is 0 Å². The van der Waals surface area contributed by atoms with Gasteiger partial charge in [-0.15, -0.1) is 0 Å². The molecule has 1 fully saturated rings. The van der Waals surface area contributed by atoms with E-state index in [1.807, 2.05) is 0 Å². The van der Waals surface area contributed by atoms with Crippen molar-refractivity contribution in [2.24, 2.45) is 0 Å². The predicted molar refractivity (Wildman–Crippen MR) is 101 cm³/mol. The number of ether oxygens (including phenoxy) is 1. The normalized spacial score (nSPS) is 30.9. The van der Waals surface area contributed by atoms with Crippen LogP contribution in [0.2, 0.25) is 5.02 Å². The maximum atomic E-state index is 8.52. The summed E-state index contributed by atoms with van der Waals surface area (Å²) in [6.45, 7) is -6.11. The number of hydrogen-bond donors (Lipinski definition) is 0. The number of likely N-dealkylation sites (tertiary alicyclic amines) is 1. The summed E-state index contributed by atoms with van der Waals surface area (Å²) < 4.78 is 129. The highest BCUT2D eigenvalue weighted by atomic mass is 35.5. The quantitative estimate of drug-likeness (QED) is 0.711. The Balaban J connectivity index is 2.36. The molecule has 1 aliphatic heterocycles. The van der Waals surface area contributed by atoms with Gasteiger partial charge in [-0.1, -0.05) is 53.9 Å². The second kappa shape index (κ2) is 7.69. The number of hydrogen-bond acceptors (Lipinski definition) is 2. The molecule has 0 radical (unpaired) electrons. The van der Waals surface area contributed by atoms with Crippen LogP contribution in [0.5, 0.6) is 0 Å². The van der Waals surface area contributed by atoms with Gasteiger partial charge in [0.2, 0.25) is 0 Å². The highest BCUT2D eigenvalue weighted by Gasteiger charge is 2.30. The van der Waals surface area contributed by atoms with Crippen LogP contribution < -0.4 is 0 Å². The molecular weight excluding hydrogens is 318 g/mol. The summed E-state index contributed by atoms with van der Waals surface area (Å²) in [6.07, 6.45) is 0.982. The van der Waals surface area contributed by atoms with Crippen LogP contribution in [0, 0.1) is 0 Å². The zero-order valence-corrected chi connectivity index (χ0v) is 13.6. The molecule has 2 aromatic rings. The Morgan fingerprint density at radius 1 is 1.21 bits per heavy atom. The van der Waals surface area contributed by atoms with Gasteiger partial charge >= 0.3 is 0 Å². The SMILES string of the molecule is [2H]c1c([2H])c([2H])c([C@@](OCC[C@@H]2CCCN2C([2H])([2H])[2H])(c2c([2H])c([2H])c(Cl)c([2H])c2[2H])C([2H])([2H])[2H])c([2H])c1[2H]. The standard InChI is InChI=1S/C21H26ClNO/c1-21(17-7-4-3-5-8-17,18-10-12-19(22)13-11-18)24-16-14-20-9-6-15-23(20)2/h3-5,7-8,10-13,20H,6,9,14-16H2,1-2H3/t20-,21+/m0/s1/i1D3,2D3,3D,4D,5D,7D,8D,10D,11D,12D,13D. The van der Waals surface area contributed by atoms with E-state index in [1.165, 1.54) is 4.90 Å². The van der Waals surface area contributed by atoms with Gasteiger partial charge in [0.1, 0.15) is 5.60 Å². The van der Waals surface area contributed by atoms with Crippen LogP contribution in [0.1, 0.15) is 57.8 Å². The number of rotatable bonds is 6. The first kappa shape index (κ1) is 6.75. The van der Waals surface area contributed by atoms with Crippen molar-refractivity contribution in [1.29, 1.82) is 0 Å². The van der Waals surface area contributed by atoms with Crippen LogP contribution in [-0.2, 0) is 10.3 Å². The molecule has 0 N–H and O–H groups in total. The third-order valence-corrected chi connectivity index (χ3v) is 4.13. The fraction of sp³-hybridized carbons (Fsp3) is 0.429. The third kappa shape index (κ3) is 3.83. The van der Waals surface area contributed by atoms with Gasteiger partial charge < -0.3 is 9.64 Å². The van der Waals surface area contributed by atoms with E-state index in [2.05, 4.69) is 0 Å². The summed E-state index contributed by atoms with van der Waals surface area (Å²) in [5.41, 5.74) is -4.84. The van der Waals surface area contributed by atoms with Crippen molar-refractivity contribution in [2.75, 3.05) is 20.1 Å². The first-order valence-electron chi connectivity index (χ1n) is 15.0. The third-order valence-electron chi connectivity index (χ3n) is 3.95. The van der Waals surface area contributed by atoms with Gasteiger partial charge in [-0.05, 0) is 62.8 Å². The van der Waals surface area contributed by atoms with Crippen molar-refractivity contribution < 1.29 is 25.3 Å². The Morgan fingerprint density at radius 3 is 2.67 bits per heavy atom. The van der Waals surface area contributed by atoms with Gasteiger partial charge in [0, 0.05) is 25.9 Å². The number of halogens is 1. The van der Waals surface area contributed by atoms with E-state index in [4.69, 9.17) is 36.9 Å². The molecule has 0 bridgehead atoms. The zero-order chi connectivity index (χ0) is 29.8. The average Bonchev–Trinajstić information content (AvgIpc) is 3.32. The Kier molecular flexibility index (Phi) is 2.16. The van der Waals surface area contributed by atoms with Crippen LogP contribution in [0.3, 0.4) is 0 Å². The molecule has 1 aliphatic rings. The second-order valence-electron chi connectivity index (χ2n) is 5.50. The summed E-state index contributed by atoms with van der Waals surface area (Å²) in [4.78, 5) is 1.26. The lowest BCUT2D eigenvalue weighted by atomic mass is 9.88. The lowest BCUT2D eigenvalue weighted by Crippen LogP contribution is -2.31. The van der Waals surface area contributed by atoms with Crippen LogP contribution in [0.15, 0.2) is 54.4 Å². The van der Waals surface area contributed by atoms with Crippen molar-refractivity contribution in [3.05, 3.63) is 70.5 Å². The largest absolute Gasteiger partial charge is 0.366 e. The van der Waals surface area contributed by atoms with Crippen LogP contribution >= 0.6 is 11.6 Å². The summed E-state index contributed by atoms with van der Waals surface area (Å²) in [6, 6.07) is -8.54. The molecule has 1 heterocycles. The molecule has 2 nitrogen and oxygen atoms in total. The van der Waals surface area contributed by atoms with Crippen LogP contribution in [-0.4, -0.2) is 31.1 Å². The monoisotopic (exact) mass is 358 g/mol. The predicted octanol–water partition coefficient (Wildman–Crippen LogP) is 5.10. The van der Waals surface area contributed by atoms with E-state index in [0.717, 1.165) is 0 Å². The van der Waals surface area contributed by atoms with E-state index >= 15 is 0 Å². The highest BCUT2D eigenvalue weighted by molar-refractivity contribution is 6.30. The van der Waals surface area contributed by atoms with Crippen molar-refractivity contribution >= 4 is 11.6 Å². The van der Waals surface area contributed by atoms with E-state index < -0.39 is 103 Å². The minimum Gasteiger partial charge on any atom is -0.366 e. The lowest BCUT2D eigenvalue weighted by molar-refractivity contribution is -0.0117. The number of nitrogens with zero attached hydrogens (tertiary/aromatic N) is 1. The van der Waals surface area contributed by atoms with Gasteiger partial charge in [0.15, 0.2) is 0 Å². The summed E-state index contributed by atoms with van der Waals surface area (Å²) >= 11 is 5.94. The van der Waals surface area contributed by atoms with Crippen molar-refractivity contribution in [2.45, 2.75) is 37.8 Å². The Morgan fingerprint density at radius 2 is 1.96 bits per heavy atom. The van der Waals surface area contributed by atoms with Gasteiger partial charge in [0.25, 0.3) is 0 Å². The molecule has 24 heavy (non-hydrogen) atoms. The molecule has 0 amide bonds. The molecule has 0 unspecified atom stereocenters. The Bertz CT molecular complexity index is 1150. The molecule has 3 rings (SSSR count). The molecule has 2 atom stereocenters. The van der Waals surface area contributed by atoms with E-state index in [9.17, 15) is 0 Å². The topological polar surface area (TPSA) is 12.5 Å². The van der Waals surface area contributed by atoms with Gasteiger partial charge in [-0.2, -0.15) is 0 Å². The molecule has 3 heteroatoms. The highest BCUT2D eigenvalue weighted by Crippen LogP contribution is 2.34.